The number of nitrogens with zero attached hydrogens (tertiary/aromatic N) is 3. The van der Waals surface area contributed by atoms with Gasteiger partial charge in [0.15, 0.2) is 5.96 Å². The van der Waals surface area contributed by atoms with Crippen molar-refractivity contribution in [2.24, 2.45) is 18.0 Å². The molecule has 0 unspecified atom stereocenters. The van der Waals surface area contributed by atoms with Crippen LogP contribution in [0.15, 0.2) is 17.3 Å². The van der Waals surface area contributed by atoms with Crippen molar-refractivity contribution in [3.63, 3.8) is 0 Å². The maximum absolute atomic E-state index is 12.0. The van der Waals surface area contributed by atoms with Crippen molar-refractivity contribution in [1.82, 2.24) is 20.1 Å². The Bertz CT molecular complexity index is 613. The van der Waals surface area contributed by atoms with Gasteiger partial charge in [0.05, 0.1) is 11.6 Å². The summed E-state index contributed by atoms with van der Waals surface area (Å²) >= 11 is 6.04. The number of carbonyl (C=O) groups is 1. The van der Waals surface area contributed by atoms with E-state index in [9.17, 15) is 4.79 Å². The van der Waals surface area contributed by atoms with Crippen molar-refractivity contribution in [2.45, 2.75) is 45.1 Å². The predicted molar refractivity (Wildman–Crippen MR) is 123 cm³/mol. The van der Waals surface area contributed by atoms with Gasteiger partial charge >= 0.3 is 0 Å². The van der Waals surface area contributed by atoms with Crippen LogP contribution in [0.5, 0.6) is 0 Å². The number of aryl methyl sites for hydroxylation is 1. The Morgan fingerprint density at radius 1 is 1.30 bits per heavy atom. The molecule has 0 bridgehead atoms. The normalized spacial score (nSPS) is 15.2. The Morgan fingerprint density at radius 3 is 2.56 bits per heavy atom. The molecule has 0 aliphatic heterocycles. The molecule has 0 radical (unpaired) electrons. The summed E-state index contributed by atoms with van der Waals surface area (Å²) in [6, 6.07) is 1.96. The van der Waals surface area contributed by atoms with Gasteiger partial charge in [0, 0.05) is 52.5 Å². The van der Waals surface area contributed by atoms with E-state index in [1.54, 1.807) is 7.05 Å². The van der Waals surface area contributed by atoms with E-state index in [0.717, 1.165) is 16.7 Å². The van der Waals surface area contributed by atoms with Crippen LogP contribution in [0.4, 0.5) is 0 Å². The van der Waals surface area contributed by atoms with E-state index in [1.165, 1.54) is 32.1 Å². The zero-order chi connectivity index (χ0) is 18.9. The minimum absolute atomic E-state index is 0. The van der Waals surface area contributed by atoms with Crippen LogP contribution in [0.3, 0.4) is 0 Å². The minimum Gasteiger partial charge on any atom is -0.354 e. The van der Waals surface area contributed by atoms with Crippen LogP contribution in [-0.4, -0.2) is 48.5 Å². The Hall–Kier alpha value is -0.960. The molecule has 1 fully saturated rings. The van der Waals surface area contributed by atoms with E-state index in [2.05, 4.69) is 15.6 Å². The summed E-state index contributed by atoms with van der Waals surface area (Å²) in [5, 5.41) is 7.04. The lowest BCUT2D eigenvalue weighted by molar-refractivity contribution is -0.122. The van der Waals surface area contributed by atoms with Crippen molar-refractivity contribution in [2.75, 3.05) is 27.2 Å². The van der Waals surface area contributed by atoms with Crippen molar-refractivity contribution >= 4 is 47.4 Å². The smallest absolute Gasteiger partial charge is 0.220 e. The molecule has 6 nitrogen and oxygen atoms in total. The third kappa shape index (κ3) is 8.29. The molecule has 0 atom stereocenters. The lowest BCUT2D eigenvalue weighted by atomic mass is 9.87. The first-order chi connectivity index (χ1) is 12.5. The molecule has 8 heteroatoms. The molecule has 2 rings (SSSR count). The van der Waals surface area contributed by atoms with E-state index < -0.39 is 0 Å². The van der Waals surface area contributed by atoms with Crippen molar-refractivity contribution in [1.29, 1.82) is 0 Å². The van der Waals surface area contributed by atoms with Crippen molar-refractivity contribution in [3.8, 4) is 0 Å². The predicted octanol–water partition coefficient (Wildman–Crippen LogP) is 3.39. The molecule has 0 aromatic carbocycles. The number of amides is 1. The standard InChI is InChI=1S/C19H32ClN5O.HI/c1-21-19(25(3)14-17-12-16(20)13-24(17)2)23-10-9-22-18(26)11-15-7-5-4-6-8-15;/h12-13,15H,4-11,14H2,1-3H3,(H,21,23)(H,22,26);1H. The maximum Gasteiger partial charge on any atom is 0.220 e. The van der Waals surface area contributed by atoms with E-state index in [-0.39, 0.29) is 29.9 Å². The summed E-state index contributed by atoms with van der Waals surface area (Å²) in [6.07, 6.45) is 8.83. The molecule has 1 amide bonds. The average Bonchev–Trinajstić information content (AvgIpc) is 2.92. The highest BCUT2D eigenvalue weighted by atomic mass is 127. The highest BCUT2D eigenvalue weighted by molar-refractivity contribution is 14.0. The molecule has 1 aromatic rings. The fourth-order valence-corrected chi connectivity index (χ4v) is 3.80. The summed E-state index contributed by atoms with van der Waals surface area (Å²) in [5.74, 6) is 1.54. The topological polar surface area (TPSA) is 61.7 Å². The van der Waals surface area contributed by atoms with E-state index in [0.29, 0.717) is 32.0 Å². The highest BCUT2D eigenvalue weighted by Crippen LogP contribution is 2.25. The van der Waals surface area contributed by atoms with Gasteiger partial charge in [-0.2, -0.15) is 0 Å². The number of aromatic nitrogens is 1. The molecule has 154 valence electrons. The van der Waals surface area contributed by atoms with E-state index in [1.807, 2.05) is 35.8 Å². The summed E-state index contributed by atoms with van der Waals surface area (Å²) in [4.78, 5) is 18.4. The van der Waals surface area contributed by atoms with Gasteiger partial charge in [0.2, 0.25) is 5.91 Å². The molecule has 1 aromatic heterocycles. The van der Waals surface area contributed by atoms with Crippen LogP contribution in [0.1, 0.15) is 44.2 Å². The second-order valence-electron chi connectivity index (χ2n) is 7.15. The van der Waals surface area contributed by atoms with Crippen LogP contribution in [0, 0.1) is 5.92 Å². The summed E-state index contributed by atoms with van der Waals surface area (Å²) in [6.45, 7) is 1.96. The lowest BCUT2D eigenvalue weighted by Crippen LogP contribution is -2.42. The minimum atomic E-state index is 0. The van der Waals surface area contributed by atoms with Gasteiger partial charge in [0.1, 0.15) is 0 Å². The Balaban J connectivity index is 0.00000364. The molecule has 0 spiro atoms. The van der Waals surface area contributed by atoms with E-state index in [4.69, 9.17) is 11.6 Å². The fourth-order valence-electron chi connectivity index (χ4n) is 3.53. The number of hydrogen-bond donors (Lipinski definition) is 2. The quantitative estimate of drug-likeness (QED) is 0.256. The monoisotopic (exact) mass is 509 g/mol. The molecular formula is C19H33ClIN5O. The van der Waals surface area contributed by atoms with Gasteiger partial charge < -0.3 is 20.1 Å². The van der Waals surface area contributed by atoms with Crippen molar-refractivity contribution in [3.05, 3.63) is 23.0 Å². The van der Waals surface area contributed by atoms with Gasteiger partial charge in [-0.3, -0.25) is 9.79 Å². The third-order valence-corrected chi connectivity index (χ3v) is 5.18. The summed E-state index contributed by atoms with van der Waals surface area (Å²) in [5.41, 5.74) is 1.11. The third-order valence-electron chi connectivity index (χ3n) is 4.98. The second kappa shape index (κ2) is 12.5. The number of guanidine groups is 1. The van der Waals surface area contributed by atoms with Gasteiger partial charge in [-0.15, -0.1) is 24.0 Å². The van der Waals surface area contributed by atoms with Crippen LogP contribution < -0.4 is 10.6 Å². The molecular weight excluding hydrogens is 477 g/mol. The molecule has 1 aliphatic carbocycles. The molecule has 27 heavy (non-hydrogen) atoms. The number of rotatable bonds is 7. The number of halogens is 2. The van der Waals surface area contributed by atoms with Crippen LogP contribution >= 0.6 is 35.6 Å². The summed E-state index contributed by atoms with van der Waals surface area (Å²) in [7, 11) is 5.73. The maximum atomic E-state index is 12.0. The molecule has 1 saturated carbocycles. The number of nitrogens with one attached hydrogen (secondary N) is 2. The first-order valence-electron chi connectivity index (χ1n) is 9.48. The van der Waals surface area contributed by atoms with Crippen molar-refractivity contribution < 1.29 is 4.79 Å². The lowest BCUT2D eigenvalue weighted by Gasteiger charge is -2.23. The molecule has 0 saturated heterocycles. The molecule has 2 N–H and O–H groups in total. The average molecular weight is 510 g/mol. The van der Waals surface area contributed by atoms with Crippen LogP contribution in [0.25, 0.3) is 0 Å². The number of carbonyl (C=O) groups excluding carboxylic acids is 1. The first kappa shape index (κ1) is 24.1. The van der Waals surface area contributed by atoms with Crippen LogP contribution in [0.2, 0.25) is 5.02 Å². The van der Waals surface area contributed by atoms with E-state index >= 15 is 0 Å². The Morgan fingerprint density at radius 2 is 1.96 bits per heavy atom. The zero-order valence-electron chi connectivity index (χ0n) is 16.6. The van der Waals surface area contributed by atoms with Crippen LogP contribution in [-0.2, 0) is 18.4 Å². The molecule has 1 aliphatic rings. The fraction of sp³-hybridized carbons (Fsp3) is 0.684. The Kier molecular flexibility index (Phi) is 11.1. The first-order valence-corrected chi connectivity index (χ1v) is 9.86. The largest absolute Gasteiger partial charge is 0.354 e. The number of aliphatic imine (C=N–C) groups is 1. The van der Waals surface area contributed by atoms with Gasteiger partial charge in [-0.25, -0.2) is 0 Å². The van der Waals surface area contributed by atoms with Gasteiger partial charge in [-0.05, 0) is 24.8 Å². The SMILES string of the molecule is CN=C(NCCNC(=O)CC1CCCCC1)N(C)Cc1cc(Cl)cn1C.I. The Labute approximate surface area is 185 Å². The summed E-state index contributed by atoms with van der Waals surface area (Å²) < 4.78 is 2.01. The highest BCUT2D eigenvalue weighted by Gasteiger charge is 2.16. The second-order valence-corrected chi connectivity index (χ2v) is 7.59. The zero-order valence-corrected chi connectivity index (χ0v) is 19.7. The van der Waals surface area contributed by atoms with Gasteiger partial charge in [0.25, 0.3) is 0 Å². The van der Waals surface area contributed by atoms with Gasteiger partial charge in [-0.1, -0.05) is 30.9 Å². The number of hydrogen-bond acceptors (Lipinski definition) is 2. The molecule has 1 heterocycles.